The minimum absolute atomic E-state index is 0.154. The summed E-state index contributed by atoms with van der Waals surface area (Å²) < 4.78 is 57.5. The standard InChI is InChI=1S/C21H24BrF3N2O3/c1-27-7-6-15(12-27)30-18-9-14(4-5-16(18)21(23,24)25)26-11-13-8-19(28-2)20(29-3)10-17(13)22/h4-5,8-10,15,26H,6-7,11-12H2,1-3H3/t15-/m1/s1. The number of methoxy groups -OCH3 is 2. The number of hydrogen-bond acceptors (Lipinski definition) is 5. The molecule has 0 bridgehead atoms. The third-order valence-corrected chi connectivity index (χ3v) is 5.70. The van der Waals surface area contributed by atoms with E-state index < -0.39 is 11.7 Å². The Bertz CT molecular complexity index is 893. The van der Waals surface area contributed by atoms with Crippen molar-refractivity contribution in [2.45, 2.75) is 25.2 Å². The van der Waals surface area contributed by atoms with E-state index in [4.69, 9.17) is 14.2 Å². The van der Waals surface area contributed by atoms with Gasteiger partial charge in [0.25, 0.3) is 0 Å². The van der Waals surface area contributed by atoms with Gasteiger partial charge in [-0.05, 0) is 43.3 Å². The van der Waals surface area contributed by atoms with Crippen LogP contribution in [0.1, 0.15) is 17.5 Å². The maximum absolute atomic E-state index is 13.4. The molecule has 1 N–H and O–H groups in total. The molecule has 0 saturated carbocycles. The van der Waals surface area contributed by atoms with Crippen molar-refractivity contribution in [1.82, 2.24) is 4.90 Å². The van der Waals surface area contributed by atoms with Crippen molar-refractivity contribution in [3.63, 3.8) is 0 Å². The zero-order valence-corrected chi connectivity index (χ0v) is 18.6. The van der Waals surface area contributed by atoms with Crippen LogP contribution in [0.4, 0.5) is 18.9 Å². The lowest BCUT2D eigenvalue weighted by Crippen LogP contribution is -2.23. The number of likely N-dealkylation sites (tertiary alicyclic amines) is 1. The van der Waals surface area contributed by atoms with Gasteiger partial charge < -0.3 is 24.4 Å². The predicted octanol–water partition coefficient (Wildman–Crippen LogP) is 5.18. The molecule has 0 aromatic heterocycles. The first-order valence-corrected chi connectivity index (χ1v) is 10.2. The van der Waals surface area contributed by atoms with Gasteiger partial charge >= 0.3 is 6.18 Å². The maximum atomic E-state index is 13.4. The molecule has 0 amide bonds. The number of hydrogen-bond donors (Lipinski definition) is 1. The van der Waals surface area contributed by atoms with Crippen molar-refractivity contribution in [2.75, 3.05) is 39.7 Å². The third kappa shape index (κ3) is 5.31. The van der Waals surface area contributed by atoms with Gasteiger partial charge in [-0.3, -0.25) is 0 Å². The Morgan fingerprint density at radius 2 is 1.80 bits per heavy atom. The Morgan fingerprint density at radius 1 is 1.10 bits per heavy atom. The van der Waals surface area contributed by atoms with Crippen LogP contribution in [0.25, 0.3) is 0 Å². The normalized spacial score (nSPS) is 17.1. The highest BCUT2D eigenvalue weighted by Gasteiger charge is 2.35. The van der Waals surface area contributed by atoms with Gasteiger partial charge in [-0.2, -0.15) is 13.2 Å². The third-order valence-electron chi connectivity index (χ3n) is 4.96. The zero-order chi connectivity index (χ0) is 21.9. The number of halogens is 4. The molecule has 2 aromatic rings. The van der Waals surface area contributed by atoms with Crippen LogP contribution in [0.15, 0.2) is 34.8 Å². The largest absolute Gasteiger partial charge is 0.493 e. The molecule has 2 aromatic carbocycles. The van der Waals surface area contributed by atoms with E-state index in [1.54, 1.807) is 20.3 Å². The Kier molecular flexibility index (Phi) is 7.02. The van der Waals surface area contributed by atoms with Gasteiger partial charge in [-0.15, -0.1) is 0 Å². The van der Waals surface area contributed by atoms with E-state index >= 15 is 0 Å². The molecule has 9 heteroatoms. The van der Waals surface area contributed by atoms with Crippen LogP contribution in [0, 0.1) is 0 Å². The average Bonchev–Trinajstić information content (AvgIpc) is 3.10. The molecule has 1 saturated heterocycles. The van der Waals surface area contributed by atoms with Crippen LogP contribution < -0.4 is 19.5 Å². The number of alkyl halides is 3. The quantitative estimate of drug-likeness (QED) is 0.581. The monoisotopic (exact) mass is 488 g/mol. The highest BCUT2D eigenvalue weighted by atomic mass is 79.9. The lowest BCUT2D eigenvalue weighted by Gasteiger charge is -2.20. The van der Waals surface area contributed by atoms with Gasteiger partial charge in [-0.25, -0.2) is 0 Å². The molecular weight excluding hydrogens is 465 g/mol. The molecular formula is C21H24BrF3N2O3. The summed E-state index contributed by atoms with van der Waals surface area (Å²) in [6, 6.07) is 7.47. The van der Waals surface area contributed by atoms with Crippen LogP contribution in [0.5, 0.6) is 17.2 Å². The second-order valence-electron chi connectivity index (χ2n) is 7.15. The molecule has 30 heavy (non-hydrogen) atoms. The number of benzene rings is 2. The molecule has 1 aliphatic heterocycles. The molecule has 0 aliphatic carbocycles. The average molecular weight is 489 g/mol. The van der Waals surface area contributed by atoms with Gasteiger partial charge in [0.1, 0.15) is 11.9 Å². The Hall–Kier alpha value is -2.13. The number of ether oxygens (including phenoxy) is 3. The highest BCUT2D eigenvalue weighted by Crippen LogP contribution is 2.39. The fraction of sp³-hybridized carbons (Fsp3) is 0.429. The van der Waals surface area contributed by atoms with Crippen molar-refractivity contribution in [3.8, 4) is 17.2 Å². The lowest BCUT2D eigenvalue weighted by atomic mass is 10.1. The summed E-state index contributed by atoms with van der Waals surface area (Å²) in [6.45, 7) is 1.78. The molecule has 0 unspecified atom stereocenters. The fourth-order valence-corrected chi connectivity index (χ4v) is 3.83. The summed E-state index contributed by atoms with van der Waals surface area (Å²) in [5.74, 6) is 0.998. The van der Waals surface area contributed by atoms with Gasteiger partial charge in [0.15, 0.2) is 11.5 Å². The minimum Gasteiger partial charge on any atom is -0.493 e. The van der Waals surface area contributed by atoms with Crippen LogP contribution in [0.2, 0.25) is 0 Å². The summed E-state index contributed by atoms with van der Waals surface area (Å²) in [7, 11) is 5.02. The Labute approximate surface area is 182 Å². The molecule has 0 radical (unpaired) electrons. The first kappa shape index (κ1) is 22.6. The van der Waals surface area contributed by atoms with E-state index in [0.29, 0.717) is 36.7 Å². The van der Waals surface area contributed by atoms with Gasteiger partial charge in [-0.1, -0.05) is 15.9 Å². The van der Waals surface area contributed by atoms with Gasteiger partial charge in [0.05, 0.1) is 19.8 Å². The molecule has 1 fully saturated rings. The van der Waals surface area contributed by atoms with Crippen LogP contribution in [-0.4, -0.2) is 45.4 Å². The number of nitrogens with one attached hydrogen (secondary N) is 1. The van der Waals surface area contributed by atoms with E-state index in [1.165, 1.54) is 12.1 Å². The molecule has 3 rings (SSSR count). The Morgan fingerprint density at radius 3 is 2.40 bits per heavy atom. The lowest BCUT2D eigenvalue weighted by molar-refractivity contribution is -0.139. The first-order valence-electron chi connectivity index (χ1n) is 9.42. The van der Waals surface area contributed by atoms with Crippen molar-refractivity contribution in [2.24, 2.45) is 0 Å². The van der Waals surface area contributed by atoms with E-state index in [1.807, 2.05) is 18.0 Å². The molecule has 164 valence electrons. The highest BCUT2D eigenvalue weighted by molar-refractivity contribution is 9.10. The fourth-order valence-electron chi connectivity index (χ4n) is 3.36. The summed E-state index contributed by atoms with van der Waals surface area (Å²) in [5.41, 5.74) is 0.633. The number of anilines is 1. The van der Waals surface area contributed by atoms with Crippen LogP contribution in [0.3, 0.4) is 0 Å². The van der Waals surface area contributed by atoms with E-state index in [9.17, 15) is 13.2 Å². The molecule has 1 aliphatic rings. The van der Waals surface area contributed by atoms with E-state index in [0.717, 1.165) is 22.6 Å². The molecule has 5 nitrogen and oxygen atoms in total. The summed E-state index contributed by atoms with van der Waals surface area (Å²) in [4.78, 5) is 2.04. The Balaban J connectivity index is 1.80. The van der Waals surface area contributed by atoms with Crippen molar-refractivity contribution in [3.05, 3.63) is 45.9 Å². The predicted molar refractivity (Wildman–Crippen MR) is 113 cm³/mol. The van der Waals surface area contributed by atoms with Crippen molar-refractivity contribution >= 4 is 21.6 Å². The summed E-state index contributed by atoms with van der Waals surface area (Å²) in [6.07, 6.45) is -4.04. The second kappa shape index (κ2) is 9.34. The zero-order valence-electron chi connectivity index (χ0n) is 17.0. The number of nitrogens with zero attached hydrogens (tertiary/aromatic N) is 1. The van der Waals surface area contributed by atoms with Gasteiger partial charge in [0.2, 0.25) is 0 Å². The number of rotatable bonds is 7. The topological polar surface area (TPSA) is 43.0 Å². The number of likely N-dealkylation sites (N-methyl/N-ethyl adjacent to an activating group) is 1. The summed E-state index contributed by atoms with van der Waals surface area (Å²) >= 11 is 3.49. The molecule has 1 atom stereocenters. The van der Waals surface area contributed by atoms with Crippen molar-refractivity contribution < 1.29 is 27.4 Å². The minimum atomic E-state index is -4.48. The molecule has 0 spiro atoms. The van der Waals surface area contributed by atoms with Crippen LogP contribution >= 0.6 is 15.9 Å². The molecule has 1 heterocycles. The smallest absolute Gasteiger partial charge is 0.419 e. The second-order valence-corrected chi connectivity index (χ2v) is 8.01. The van der Waals surface area contributed by atoms with E-state index in [2.05, 4.69) is 21.2 Å². The van der Waals surface area contributed by atoms with Crippen LogP contribution in [-0.2, 0) is 12.7 Å². The first-order chi connectivity index (χ1) is 14.2. The van der Waals surface area contributed by atoms with Gasteiger partial charge in [0, 0.05) is 35.9 Å². The van der Waals surface area contributed by atoms with E-state index in [-0.39, 0.29) is 11.9 Å². The summed E-state index contributed by atoms with van der Waals surface area (Å²) in [5, 5.41) is 3.16. The maximum Gasteiger partial charge on any atom is 0.419 e. The van der Waals surface area contributed by atoms with Crippen molar-refractivity contribution in [1.29, 1.82) is 0 Å². The SMILES string of the molecule is COc1cc(Br)c(CNc2ccc(C(F)(F)F)c(O[C@@H]3CCN(C)C3)c2)cc1OC.